The molecule has 3 aliphatic rings. The number of hydrogen-bond acceptors (Lipinski definition) is 4. The molecule has 1 aliphatic carbocycles. The molecule has 1 saturated heterocycles. The van der Waals surface area contributed by atoms with Gasteiger partial charge in [0.2, 0.25) is 5.91 Å². The highest BCUT2D eigenvalue weighted by Crippen LogP contribution is 2.41. The molecular weight excluding hydrogens is 390 g/mol. The number of carbonyl (C=O) groups excluding carboxylic acids is 1. The number of sulfonamides is 1. The van der Waals surface area contributed by atoms with Gasteiger partial charge in [0.25, 0.3) is 10.0 Å². The van der Waals surface area contributed by atoms with E-state index in [2.05, 4.69) is 33.9 Å². The van der Waals surface area contributed by atoms with Crippen LogP contribution in [0.15, 0.2) is 41.3 Å². The van der Waals surface area contributed by atoms with E-state index in [1.807, 2.05) is 19.1 Å². The number of piperidine rings is 1. The molecule has 2 aliphatic heterocycles. The number of aryl methyl sites for hydroxylation is 1. The fourth-order valence-corrected chi connectivity index (χ4v) is 6.18. The number of fused-ring (bicyclic) bond motifs is 2. The summed E-state index contributed by atoms with van der Waals surface area (Å²) in [5.74, 6) is -0.737. The summed E-state index contributed by atoms with van der Waals surface area (Å²) >= 11 is 0. The smallest absolute Gasteiger partial charge is 0.267 e. The van der Waals surface area contributed by atoms with Gasteiger partial charge < -0.3 is 4.43 Å². The van der Waals surface area contributed by atoms with Gasteiger partial charge in [-0.1, -0.05) is 50.6 Å². The van der Waals surface area contributed by atoms with Crippen LogP contribution < -0.4 is 0 Å². The van der Waals surface area contributed by atoms with E-state index in [1.165, 1.54) is 0 Å². The van der Waals surface area contributed by atoms with Crippen LogP contribution in [0.25, 0.3) is 0 Å². The van der Waals surface area contributed by atoms with Crippen LogP contribution in [0.1, 0.15) is 32.8 Å². The molecule has 1 amide bonds. The molecule has 154 valence electrons. The van der Waals surface area contributed by atoms with Crippen molar-refractivity contribution in [2.24, 2.45) is 11.8 Å². The summed E-state index contributed by atoms with van der Waals surface area (Å²) in [5.41, 5.74) is 0.980. The van der Waals surface area contributed by atoms with Crippen molar-refractivity contribution in [2.45, 2.75) is 63.2 Å². The molecular formula is C21H31NO4SSi. The van der Waals surface area contributed by atoms with Crippen molar-refractivity contribution in [3.63, 3.8) is 0 Å². The lowest BCUT2D eigenvalue weighted by molar-refractivity contribution is -0.136. The van der Waals surface area contributed by atoms with Gasteiger partial charge in [0.15, 0.2) is 8.32 Å². The third-order valence-electron chi connectivity index (χ3n) is 6.44. The second kappa shape index (κ2) is 7.11. The molecule has 0 N–H and O–H groups in total. The van der Waals surface area contributed by atoms with Crippen LogP contribution in [-0.4, -0.2) is 39.6 Å². The Hall–Kier alpha value is -1.44. The highest BCUT2D eigenvalue weighted by Gasteiger charge is 2.49. The van der Waals surface area contributed by atoms with Crippen LogP contribution in [0.3, 0.4) is 0 Å². The monoisotopic (exact) mass is 421 g/mol. The summed E-state index contributed by atoms with van der Waals surface area (Å²) in [7, 11) is -5.77. The molecule has 0 saturated carbocycles. The topological polar surface area (TPSA) is 63.7 Å². The molecule has 4 rings (SSSR count). The molecule has 0 radical (unpaired) electrons. The van der Waals surface area contributed by atoms with Crippen molar-refractivity contribution in [3.05, 3.63) is 42.0 Å². The maximum Gasteiger partial charge on any atom is 0.267 e. The van der Waals surface area contributed by atoms with Crippen molar-refractivity contribution in [1.82, 2.24) is 4.31 Å². The van der Waals surface area contributed by atoms with Gasteiger partial charge in [0.05, 0.1) is 16.9 Å². The molecule has 0 spiro atoms. The van der Waals surface area contributed by atoms with Crippen LogP contribution in [0.2, 0.25) is 18.1 Å². The van der Waals surface area contributed by atoms with Gasteiger partial charge >= 0.3 is 0 Å². The van der Waals surface area contributed by atoms with E-state index in [0.29, 0.717) is 13.0 Å². The minimum atomic E-state index is -3.85. The van der Waals surface area contributed by atoms with Gasteiger partial charge in [0, 0.05) is 6.61 Å². The zero-order valence-corrected chi connectivity index (χ0v) is 19.4. The fourth-order valence-electron chi connectivity index (χ4n) is 3.53. The Morgan fingerprint density at radius 3 is 2.29 bits per heavy atom. The molecule has 3 atom stereocenters. The van der Waals surface area contributed by atoms with Crippen LogP contribution in [-0.2, 0) is 19.2 Å². The molecule has 7 heteroatoms. The van der Waals surface area contributed by atoms with E-state index in [1.54, 1.807) is 24.3 Å². The number of amides is 1. The van der Waals surface area contributed by atoms with E-state index in [0.717, 1.165) is 9.87 Å². The van der Waals surface area contributed by atoms with Crippen molar-refractivity contribution in [2.75, 3.05) is 6.61 Å². The second-order valence-electron chi connectivity index (χ2n) is 9.50. The molecule has 1 aromatic carbocycles. The van der Waals surface area contributed by atoms with E-state index >= 15 is 0 Å². The first kappa shape index (κ1) is 21.3. The summed E-state index contributed by atoms with van der Waals surface area (Å²) in [4.78, 5) is 13.2. The Morgan fingerprint density at radius 2 is 1.75 bits per heavy atom. The lowest BCUT2D eigenvalue weighted by Gasteiger charge is -2.45. The maximum absolute atomic E-state index is 13.1. The van der Waals surface area contributed by atoms with Crippen molar-refractivity contribution in [1.29, 1.82) is 0 Å². The van der Waals surface area contributed by atoms with Crippen molar-refractivity contribution in [3.8, 4) is 0 Å². The highest BCUT2D eigenvalue weighted by molar-refractivity contribution is 7.89. The summed E-state index contributed by atoms with van der Waals surface area (Å²) < 4.78 is 33.6. The summed E-state index contributed by atoms with van der Waals surface area (Å²) in [6.45, 7) is 13.4. The Kier molecular flexibility index (Phi) is 5.40. The molecule has 5 nitrogen and oxygen atoms in total. The first-order valence-electron chi connectivity index (χ1n) is 9.82. The number of nitrogens with zero attached hydrogens (tertiary/aromatic N) is 1. The molecule has 0 aromatic heterocycles. The van der Waals surface area contributed by atoms with Gasteiger partial charge in [-0.25, -0.2) is 12.7 Å². The van der Waals surface area contributed by atoms with E-state index in [-0.39, 0.29) is 21.8 Å². The van der Waals surface area contributed by atoms with Gasteiger partial charge in [0.1, 0.15) is 0 Å². The van der Waals surface area contributed by atoms with Crippen molar-refractivity contribution >= 4 is 24.2 Å². The highest BCUT2D eigenvalue weighted by atomic mass is 32.2. The lowest BCUT2D eigenvalue weighted by atomic mass is 9.78. The van der Waals surface area contributed by atoms with E-state index in [4.69, 9.17) is 4.43 Å². The van der Waals surface area contributed by atoms with Gasteiger partial charge in [-0.05, 0) is 49.5 Å². The van der Waals surface area contributed by atoms with Gasteiger partial charge in [-0.2, -0.15) is 0 Å². The molecule has 28 heavy (non-hydrogen) atoms. The van der Waals surface area contributed by atoms with Crippen LogP contribution in [0.4, 0.5) is 0 Å². The second-order valence-corrected chi connectivity index (χ2v) is 16.1. The van der Waals surface area contributed by atoms with Gasteiger partial charge in [-0.15, -0.1) is 0 Å². The van der Waals surface area contributed by atoms with Crippen LogP contribution in [0, 0.1) is 18.8 Å². The van der Waals surface area contributed by atoms with Crippen molar-refractivity contribution < 1.29 is 17.6 Å². The minimum Gasteiger partial charge on any atom is -0.417 e. The first-order valence-corrected chi connectivity index (χ1v) is 14.2. The largest absolute Gasteiger partial charge is 0.417 e. The lowest BCUT2D eigenvalue weighted by Crippen LogP contribution is -2.56. The van der Waals surface area contributed by atoms with Crippen LogP contribution >= 0.6 is 0 Å². The number of hydrogen-bond donors (Lipinski definition) is 0. The standard InChI is InChI=1S/C21H31NO4SSi/c1-15-7-10-18(11-8-15)27(24,25)22-17-9-12-19(20(22)23)16(13-17)14-26-28(5,6)21(2,3)4/h7-12,16-17,19H,13-14H2,1-6H3/t16-,17-,19+/m1/s1. The Bertz CT molecular complexity index is 884. The summed E-state index contributed by atoms with van der Waals surface area (Å²) in [6.07, 6.45) is 4.35. The zero-order chi connectivity index (χ0) is 20.9. The zero-order valence-electron chi connectivity index (χ0n) is 17.6. The summed E-state index contributed by atoms with van der Waals surface area (Å²) in [6, 6.07) is 6.22. The first-order chi connectivity index (χ1) is 12.8. The fraction of sp³-hybridized carbons (Fsp3) is 0.571. The van der Waals surface area contributed by atoms with Gasteiger partial charge in [-0.3, -0.25) is 4.79 Å². The SMILES string of the molecule is Cc1ccc(S(=O)(=O)N2C(=O)[C@H]3C=C[C@@H]2C[C@@H]3CO[Si](C)(C)C(C)(C)C)cc1. The Morgan fingerprint density at radius 1 is 1.14 bits per heavy atom. The van der Waals surface area contributed by atoms with Crippen LogP contribution in [0.5, 0.6) is 0 Å². The molecule has 0 unspecified atom stereocenters. The maximum atomic E-state index is 13.1. The third kappa shape index (κ3) is 3.72. The normalized spacial score (nSPS) is 25.4. The quantitative estimate of drug-likeness (QED) is 0.530. The Labute approximate surface area is 170 Å². The van der Waals surface area contributed by atoms with E-state index in [9.17, 15) is 13.2 Å². The predicted octanol–water partition coefficient (Wildman–Crippen LogP) is 4.11. The minimum absolute atomic E-state index is 0.0288. The average Bonchev–Trinajstić information content (AvgIpc) is 2.59. The Balaban J connectivity index is 1.79. The number of benzene rings is 1. The number of carbonyl (C=O) groups is 1. The average molecular weight is 422 g/mol. The third-order valence-corrected chi connectivity index (χ3v) is 12.8. The molecule has 1 fully saturated rings. The molecule has 1 aromatic rings. The summed E-state index contributed by atoms with van der Waals surface area (Å²) in [5, 5.41) is 0.0986. The predicted molar refractivity (Wildman–Crippen MR) is 113 cm³/mol. The molecule has 2 heterocycles. The number of rotatable bonds is 5. The van der Waals surface area contributed by atoms with E-state index < -0.39 is 30.3 Å². The molecule has 2 bridgehead atoms.